The summed E-state index contributed by atoms with van der Waals surface area (Å²) in [7, 11) is 0. The molecule has 0 unspecified atom stereocenters. The molecule has 0 saturated carbocycles. The van der Waals surface area contributed by atoms with Crippen LogP contribution in [0.15, 0.2) is 57.8 Å². The second-order valence-electron chi connectivity index (χ2n) is 6.07. The van der Waals surface area contributed by atoms with Gasteiger partial charge in [-0.3, -0.25) is 9.20 Å². The van der Waals surface area contributed by atoms with Gasteiger partial charge in [0.05, 0.1) is 5.69 Å². The van der Waals surface area contributed by atoms with Crippen molar-refractivity contribution >= 4 is 39.6 Å². The summed E-state index contributed by atoms with van der Waals surface area (Å²) in [6, 6.07) is 13.4. The average Bonchev–Trinajstić information content (AvgIpc) is 3.10. The van der Waals surface area contributed by atoms with Crippen LogP contribution in [0.5, 0.6) is 0 Å². The third-order valence-corrected chi connectivity index (χ3v) is 6.08. The van der Waals surface area contributed by atoms with Gasteiger partial charge in [-0.15, -0.1) is 10.2 Å². The number of anilines is 2. The van der Waals surface area contributed by atoms with E-state index in [1.807, 2.05) is 50.2 Å². The lowest BCUT2D eigenvalue weighted by molar-refractivity contribution is 0.994. The Hall–Kier alpha value is -2.71. The fraction of sp³-hybridized carbons (Fsp3) is 0.158. The van der Waals surface area contributed by atoms with Crippen LogP contribution in [0.2, 0.25) is 0 Å². The van der Waals surface area contributed by atoms with E-state index >= 15 is 0 Å². The Bertz CT molecular complexity index is 1170. The quantitative estimate of drug-likeness (QED) is 0.511. The van der Waals surface area contributed by atoms with Gasteiger partial charge in [-0.2, -0.15) is 0 Å². The molecule has 27 heavy (non-hydrogen) atoms. The second kappa shape index (κ2) is 7.50. The van der Waals surface area contributed by atoms with Gasteiger partial charge in [0, 0.05) is 23.7 Å². The van der Waals surface area contributed by atoms with Crippen molar-refractivity contribution in [1.82, 2.24) is 19.6 Å². The second-order valence-corrected chi connectivity index (χ2v) is 8.27. The van der Waals surface area contributed by atoms with Crippen molar-refractivity contribution in [3.8, 4) is 0 Å². The highest BCUT2D eigenvalue weighted by Gasteiger charge is 2.09. The molecule has 136 valence electrons. The lowest BCUT2D eigenvalue weighted by atomic mass is 10.2. The molecule has 1 aromatic carbocycles. The number of aromatic nitrogens is 4. The number of aryl methyl sites for hydroxylation is 2. The van der Waals surface area contributed by atoms with Crippen LogP contribution in [0.25, 0.3) is 5.65 Å². The Morgan fingerprint density at radius 2 is 1.93 bits per heavy atom. The molecule has 0 aliphatic carbocycles. The number of fused-ring (bicyclic) bond motifs is 1. The highest BCUT2D eigenvalue weighted by Crippen LogP contribution is 2.30. The van der Waals surface area contributed by atoms with Crippen LogP contribution < -0.4 is 10.9 Å². The largest absolute Gasteiger partial charge is 0.330 e. The standard InChI is InChI=1S/C19H17N5OS2/c1-12-6-3-4-8-15(12)21-18-22-23-19(27-18)26-11-14-10-16(25)24-9-5-7-13(2)17(24)20-14/h3-10H,11H2,1-2H3,(H,21,22). The SMILES string of the molecule is Cc1ccccc1Nc1nnc(SCc2cc(=O)n3cccc(C)c3n2)s1. The van der Waals surface area contributed by atoms with Crippen LogP contribution >= 0.6 is 23.1 Å². The molecule has 0 atom stereocenters. The monoisotopic (exact) mass is 395 g/mol. The van der Waals surface area contributed by atoms with E-state index in [1.165, 1.54) is 23.1 Å². The number of pyridine rings is 1. The topological polar surface area (TPSA) is 72.2 Å². The fourth-order valence-electron chi connectivity index (χ4n) is 2.67. The van der Waals surface area contributed by atoms with Gasteiger partial charge in [0.2, 0.25) is 5.13 Å². The van der Waals surface area contributed by atoms with Gasteiger partial charge in [-0.1, -0.05) is 47.4 Å². The molecule has 8 heteroatoms. The molecule has 3 aromatic heterocycles. The molecule has 0 aliphatic heterocycles. The van der Waals surface area contributed by atoms with E-state index in [4.69, 9.17) is 0 Å². The summed E-state index contributed by atoms with van der Waals surface area (Å²) in [5.74, 6) is 0.569. The Labute approximate surface area is 164 Å². The van der Waals surface area contributed by atoms with E-state index < -0.39 is 0 Å². The molecule has 6 nitrogen and oxygen atoms in total. The minimum Gasteiger partial charge on any atom is -0.330 e. The van der Waals surface area contributed by atoms with Crippen molar-refractivity contribution in [1.29, 1.82) is 0 Å². The highest BCUT2D eigenvalue weighted by molar-refractivity contribution is 8.00. The number of thioether (sulfide) groups is 1. The molecule has 0 saturated heterocycles. The first-order valence-electron chi connectivity index (χ1n) is 8.37. The predicted molar refractivity (Wildman–Crippen MR) is 110 cm³/mol. The van der Waals surface area contributed by atoms with Crippen LogP contribution in [0.1, 0.15) is 16.8 Å². The van der Waals surface area contributed by atoms with E-state index in [0.29, 0.717) is 11.4 Å². The Morgan fingerprint density at radius 1 is 1.11 bits per heavy atom. The van der Waals surface area contributed by atoms with Crippen molar-refractivity contribution in [2.45, 2.75) is 23.9 Å². The molecule has 0 aliphatic rings. The summed E-state index contributed by atoms with van der Waals surface area (Å²) in [6.07, 6.45) is 1.74. The molecule has 0 amide bonds. The summed E-state index contributed by atoms with van der Waals surface area (Å²) >= 11 is 3.01. The first-order valence-corrected chi connectivity index (χ1v) is 10.2. The molecule has 0 radical (unpaired) electrons. The molecule has 3 heterocycles. The summed E-state index contributed by atoms with van der Waals surface area (Å²) < 4.78 is 2.40. The van der Waals surface area contributed by atoms with Crippen LogP contribution in [0, 0.1) is 13.8 Å². The molecule has 4 aromatic rings. The van der Waals surface area contributed by atoms with Gasteiger partial charge >= 0.3 is 0 Å². The maximum atomic E-state index is 12.3. The normalized spacial score (nSPS) is 11.0. The van der Waals surface area contributed by atoms with Crippen molar-refractivity contribution in [2.75, 3.05) is 5.32 Å². The molecule has 0 bridgehead atoms. The molecular formula is C19H17N5OS2. The number of para-hydroxylation sites is 1. The third kappa shape index (κ3) is 3.86. The van der Waals surface area contributed by atoms with Gasteiger partial charge in [0.25, 0.3) is 5.56 Å². The number of benzene rings is 1. The number of nitrogens with one attached hydrogen (secondary N) is 1. The van der Waals surface area contributed by atoms with E-state index in [1.54, 1.807) is 16.7 Å². The van der Waals surface area contributed by atoms with E-state index in [-0.39, 0.29) is 5.56 Å². The smallest absolute Gasteiger partial charge is 0.258 e. The first kappa shape index (κ1) is 17.7. The zero-order chi connectivity index (χ0) is 18.8. The van der Waals surface area contributed by atoms with Crippen molar-refractivity contribution < 1.29 is 0 Å². The van der Waals surface area contributed by atoms with Crippen LogP contribution in [0.3, 0.4) is 0 Å². The maximum Gasteiger partial charge on any atom is 0.258 e. The van der Waals surface area contributed by atoms with Crippen LogP contribution in [-0.2, 0) is 5.75 Å². The number of nitrogens with zero attached hydrogens (tertiary/aromatic N) is 4. The summed E-state index contributed by atoms with van der Waals surface area (Å²) in [4.78, 5) is 16.9. The average molecular weight is 396 g/mol. The maximum absolute atomic E-state index is 12.3. The lowest BCUT2D eigenvalue weighted by Crippen LogP contribution is -2.15. The molecular weight excluding hydrogens is 378 g/mol. The number of hydrogen-bond donors (Lipinski definition) is 1. The number of rotatable bonds is 5. The fourth-order valence-corrected chi connectivity index (χ4v) is 4.32. The van der Waals surface area contributed by atoms with Gasteiger partial charge < -0.3 is 5.32 Å². The molecule has 0 fully saturated rings. The van der Waals surface area contributed by atoms with E-state index in [2.05, 4.69) is 20.5 Å². The highest BCUT2D eigenvalue weighted by atomic mass is 32.2. The summed E-state index contributed by atoms with van der Waals surface area (Å²) in [5, 5.41) is 12.5. The van der Waals surface area contributed by atoms with Crippen LogP contribution in [-0.4, -0.2) is 19.6 Å². The van der Waals surface area contributed by atoms with Crippen molar-refractivity contribution in [3.63, 3.8) is 0 Å². The Kier molecular flexibility index (Phi) is 4.91. The molecule has 1 N–H and O–H groups in total. The predicted octanol–water partition coefficient (Wildman–Crippen LogP) is 4.20. The minimum atomic E-state index is -0.0709. The Balaban J connectivity index is 1.49. The van der Waals surface area contributed by atoms with Gasteiger partial charge in [-0.25, -0.2) is 4.98 Å². The lowest BCUT2D eigenvalue weighted by Gasteiger charge is -2.05. The minimum absolute atomic E-state index is 0.0709. The number of hydrogen-bond acceptors (Lipinski definition) is 7. The molecule has 0 spiro atoms. The van der Waals surface area contributed by atoms with Crippen LogP contribution in [0.4, 0.5) is 10.8 Å². The van der Waals surface area contributed by atoms with Crippen molar-refractivity contribution in [3.05, 3.63) is 75.8 Å². The summed E-state index contributed by atoms with van der Waals surface area (Å²) in [5.41, 5.74) is 4.51. The van der Waals surface area contributed by atoms with E-state index in [9.17, 15) is 4.79 Å². The first-order chi connectivity index (χ1) is 13.1. The van der Waals surface area contributed by atoms with Gasteiger partial charge in [0.15, 0.2) is 4.34 Å². The van der Waals surface area contributed by atoms with Gasteiger partial charge in [0.1, 0.15) is 5.65 Å². The zero-order valence-electron chi connectivity index (χ0n) is 14.8. The Morgan fingerprint density at radius 3 is 2.78 bits per heavy atom. The van der Waals surface area contributed by atoms with E-state index in [0.717, 1.165) is 32.0 Å². The third-order valence-electron chi connectivity index (χ3n) is 4.08. The van der Waals surface area contributed by atoms with Gasteiger partial charge in [-0.05, 0) is 37.1 Å². The molecule has 4 rings (SSSR count). The summed E-state index contributed by atoms with van der Waals surface area (Å²) in [6.45, 7) is 4.00. The zero-order valence-corrected chi connectivity index (χ0v) is 16.5. The van der Waals surface area contributed by atoms with Crippen molar-refractivity contribution in [2.24, 2.45) is 0 Å².